The van der Waals surface area contributed by atoms with Gasteiger partial charge >= 0.3 is 0 Å². The summed E-state index contributed by atoms with van der Waals surface area (Å²) in [4.78, 5) is 9.79. The topological polar surface area (TPSA) is 118 Å². The monoisotopic (exact) mass is 296 g/mol. The average Bonchev–Trinajstić information content (AvgIpc) is 2.92. The molecule has 0 fully saturated rings. The lowest BCUT2D eigenvalue weighted by Crippen LogP contribution is -2.27. The van der Waals surface area contributed by atoms with E-state index in [9.17, 15) is 18.5 Å². The fraction of sp³-hybridized carbons (Fsp3) is 0.182. The van der Waals surface area contributed by atoms with Gasteiger partial charge in [-0.25, -0.2) is 13.1 Å². The molecule has 2 N–H and O–H groups in total. The second-order valence-electron chi connectivity index (χ2n) is 4.08. The van der Waals surface area contributed by atoms with Crippen LogP contribution in [-0.2, 0) is 10.0 Å². The lowest BCUT2D eigenvalue weighted by molar-refractivity contribution is -0.387. The van der Waals surface area contributed by atoms with E-state index < -0.39 is 26.7 Å². The number of para-hydroxylation sites is 1. The minimum absolute atomic E-state index is 0.364. The average molecular weight is 296 g/mol. The molecule has 1 aromatic heterocycles. The zero-order chi connectivity index (χ0) is 14.8. The van der Waals surface area contributed by atoms with Crippen molar-refractivity contribution in [3.05, 3.63) is 52.3 Å². The van der Waals surface area contributed by atoms with Crippen LogP contribution >= 0.6 is 0 Å². The molecular formula is C11H12N4O4S. The van der Waals surface area contributed by atoms with Crippen molar-refractivity contribution in [3.8, 4) is 0 Å². The molecule has 0 aliphatic heterocycles. The molecule has 2 aromatic rings. The molecule has 1 unspecified atom stereocenters. The van der Waals surface area contributed by atoms with Crippen LogP contribution in [-0.4, -0.2) is 23.5 Å². The molecule has 1 aromatic carbocycles. The van der Waals surface area contributed by atoms with Crippen molar-refractivity contribution in [1.82, 2.24) is 14.9 Å². The molecule has 0 aliphatic rings. The van der Waals surface area contributed by atoms with Gasteiger partial charge in [0, 0.05) is 12.3 Å². The van der Waals surface area contributed by atoms with Gasteiger partial charge in [0.05, 0.1) is 16.7 Å². The highest BCUT2D eigenvalue weighted by Gasteiger charge is 2.27. The van der Waals surface area contributed by atoms with Gasteiger partial charge in [0.15, 0.2) is 4.90 Å². The summed E-state index contributed by atoms with van der Waals surface area (Å²) in [5, 5.41) is 17.2. The van der Waals surface area contributed by atoms with Gasteiger partial charge < -0.3 is 0 Å². The van der Waals surface area contributed by atoms with Crippen molar-refractivity contribution in [3.63, 3.8) is 0 Å². The van der Waals surface area contributed by atoms with E-state index >= 15 is 0 Å². The molecule has 0 radical (unpaired) electrons. The minimum atomic E-state index is -4.00. The summed E-state index contributed by atoms with van der Waals surface area (Å²) in [6.07, 6.45) is 1.49. The third kappa shape index (κ3) is 2.83. The molecule has 1 heterocycles. The molecule has 20 heavy (non-hydrogen) atoms. The van der Waals surface area contributed by atoms with Crippen LogP contribution in [0.2, 0.25) is 0 Å². The molecule has 0 amide bonds. The van der Waals surface area contributed by atoms with Crippen LogP contribution in [0.4, 0.5) is 5.69 Å². The largest absolute Gasteiger partial charge is 0.289 e. The Kier molecular flexibility index (Phi) is 3.81. The van der Waals surface area contributed by atoms with Crippen molar-refractivity contribution in [1.29, 1.82) is 0 Å². The van der Waals surface area contributed by atoms with E-state index in [1.54, 1.807) is 13.0 Å². The molecule has 9 heteroatoms. The van der Waals surface area contributed by atoms with Crippen LogP contribution in [0.5, 0.6) is 0 Å². The van der Waals surface area contributed by atoms with E-state index in [-0.39, 0.29) is 4.90 Å². The van der Waals surface area contributed by atoms with E-state index in [0.717, 1.165) is 6.07 Å². The fourth-order valence-electron chi connectivity index (χ4n) is 1.70. The minimum Gasteiger partial charge on any atom is -0.281 e. The van der Waals surface area contributed by atoms with Gasteiger partial charge in [-0.1, -0.05) is 12.1 Å². The van der Waals surface area contributed by atoms with Gasteiger partial charge in [-0.3, -0.25) is 15.2 Å². The van der Waals surface area contributed by atoms with E-state index in [4.69, 9.17) is 0 Å². The maximum absolute atomic E-state index is 12.2. The van der Waals surface area contributed by atoms with Crippen LogP contribution in [0.15, 0.2) is 41.4 Å². The van der Waals surface area contributed by atoms with Crippen molar-refractivity contribution in [2.45, 2.75) is 17.9 Å². The van der Waals surface area contributed by atoms with Gasteiger partial charge in [0.25, 0.3) is 5.69 Å². The van der Waals surface area contributed by atoms with Gasteiger partial charge in [-0.2, -0.15) is 5.10 Å². The Morgan fingerprint density at radius 3 is 2.65 bits per heavy atom. The third-order valence-electron chi connectivity index (χ3n) is 2.67. The number of benzene rings is 1. The summed E-state index contributed by atoms with van der Waals surface area (Å²) in [5.74, 6) is 0. The van der Waals surface area contributed by atoms with Gasteiger partial charge in [-0.05, 0) is 19.1 Å². The van der Waals surface area contributed by atoms with Gasteiger partial charge in [0.2, 0.25) is 10.0 Å². The fourth-order valence-corrected chi connectivity index (χ4v) is 3.10. The number of aromatic nitrogens is 2. The standard InChI is InChI=1S/C11H12N4O4S/c1-8(9-6-7-12-13-9)14-20(18,19)11-5-3-2-4-10(11)15(16)17/h2-8,14H,1H3,(H,12,13). The van der Waals surface area contributed by atoms with Crippen LogP contribution in [0, 0.1) is 10.1 Å². The molecule has 1 atom stereocenters. The van der Waals surface area contributed by atoms with Gasteiger partial charge in [0.1, 0.15) is 0 Å². The lowest BCUT2D eigenvalue weighted by atomic mass is 10.3. The molecule has 0 saturated heterocycles. The molecule has 0 bridgehead atoms. The first-order chi connectivity index (χ1) is 9.42. The maximum atomic E-state index is 12.2. The van der Waals surface area contributed by atoms with Crippen molar-refractivity contribution in [2.24, 2.45) is 0 Å². The first-order valence-corrected chi connectivity index (χ1v) is 7.15. The van der Waals surface area contributed by atoms with Crippen LogP contribution in [0.3, 0.4) is 0 Å². The van der Waals surface area contributed by atoms with E-state index in [0.29, 0.717) is 5.69 Å². The Hall–Kier alpha value is -2.26. The number of nitrogens with one attached hydrogen (secondary N) is 2. The first-order valence-electron chi connectivity index (χ1n) is 5.67. The molecule has 106 valence electrons. The van der Waals surface area contributed by atoms with Crippen LogP contribution < -0.4 is 4.72 Å². The smallest absolute Gasteiger partial charge is 0.281 e. The third-order valence-corrected chi connectivity index (χ3v) is 4.26. The second-order valence-corrected chi connectivity index (χ2v) is 5.76. The van der Waals surface area contributed by atoms with E-state index in [2.05, 4.69) is 14.9 Å². The molecule has 0 saturated carbocycles. The number of hydrogen-bond donors (Lipinski definition) is 2. The lowest BCUT2D eigenvalue weighted by Gasteiger charge is -2.12. The Bertz CT molecular complexity index is 712. The summed E-state index contributed by atoms with van der Waals surface area (Å²) < 4.78 is 26.8. The number of sulfonamides is 1. The van der Waals surface area contributed by atoms with Crippen LogP contribution in [0.25, 0.3) is 0 Å². The van der Waals surface area contributed by atoms with Gasteiger partial charge in [-0.15, -0.1) is 0 Å². The van der Waals surface area contributed by atoms with E-state index in [1.165, 1.54) is 24.4 Å². The van der Waals surface area contributed by atoms with Crippen molar-refractivity contribution in [2.75, 3.05) is 0 Å². The molecule has 8 nitrogen and oxygen atoms in total. The van der Waals surface area contributed by atoms with Crippen molar-refractivity contribution < 1.29 is 13.3 Å². The number of rotatable bonds is 5. The number of H-pyrrole nitrogens is 1. The SMILES string of the molecule is CC(NS(=O)(=O)c1ccccc1[N+](=O)[O-])c1ccn[nH]1. The molecule has 2 rings (SSSR count). The zero-order valence-corrected chi connectivity index (χ0v) is 11.3. The molecular weight excluding hydrogens is 284 g/mol. The summed E-state index contributed by atoms with van der Waals surface area (Å²) in [5.41, 5.74) is 0.101. The highest BCUT2D eigenvalue weighted by atomic mass is 32.2. The Labute approximate surface area is 115 Å². The Morgan fingerprint density at radius 1 is 1.35 bits per heavy atom. The Morgan fingerprint density at radius 2 is 2.05 bits per heavy atom. The number of aromatic amines is 1. The highest BCUT2D eigenvalue weighted by molar-refractivity contribution is 7.89. The maximum Gasteiger partial charge on any atom is 0.289 e. The predicted molar refractivity (Wildman–Crippen MR) is 70.4 cm³/mol. The summed E-state index contributed by atoms with van der Waals surface area (Å²) in [6, 6.07) is 6.22. The number of nitro groups is 1. The number of nitro benzene ring substituents is 1. The second kappa shape index (κ2) is 5.39. The van der Waals surface area contributed by atoms with E-state index in [1.807, 2.05) is 0 Å². The van der Waals surface area contributed by atoms with Crippen molar-refractivity contribution >= 4 is 15.7 Å². The quantitative estimate of drug-likeness (QED) is 0.638. The molecule has 0 spiro atoms. The number of nitrogens with zero attached hydrogens (tertiary/aromatic N) is 2. The molecule has 0 aliphatic carbocycles. The normalized spacial score (nSPS) is 13.1. The summed E-state index contributed by atoms with van der Waals surface area (Å²) >= 11 is 0. The summed E-state index contributed by atoms with van der Waals surface area (Å²) in [6.45, 7) is 1.61. The summed E-state index contributed by atoms with van der Waals surface area (Å²) in [7, 11) is -4.00. The zero-order valence-electron chi connectivity index (χ0n) is 10.5. The predicted octanol–water partition coefficient (Wildman–Crippen LogP) is 1.36. The van der Waals surface area contributed by atoms with Crippen LogP contribution in [0.1, 0.15) is 18.7 Å². The highest BCUT2D eigenvalue weighted by Crippen LogP contribution is 2.24. The number of hydrogen-bond acceptors (Lipinski definition) is 5. The first kappa shape index (κ1) is 14.2. The Balaban J connectivity index is 2.34.